The Balaban J connectivity index is 4.03. The lowest BCUT2D eigenvalue weighted by Gasteiger charge is -2.25. The van der Waals surface area contributed by atoms with Crippen molar-refractivity contribution in [2.24, 2.45) is 0 Å². The summed E-state index contributed by atoms with van der Waals surface area (Å²) in [5.41, 5.74) is -0.510. The van der Waals surface area contributed by atoms with Gasteiger partial charge in [0.2, 0.25) is 0 Å². The Hall–Kier alpha value is -0.570. The van der Waals surface area contributed by atoms with E-state index in [-0.39, 0.29) is 5.97 Å². The number of unbranched alkanes of at least 4 members (excludes halogenated alkanes) is 2. The highest BCUT2D eigenvalue weighted by molar-refractivity contribution is 5.80. The maximum atomic E-state index is 11.4. The molecule has 0 radical (unpaired) electrons. The van der Waals surface area contributed by atoms with Crippen LogP contribution in [0.25, 0.3) is 0 Å². The molecule has 0 aromatic rings. The Kier molecular flexibility index (Phi) is 5.71. The van der Waals surface area contributed by atoms with Crippen molar-refractivity contribution >= 4 is 5.97 Å². The van der Waals surface area contributed by atoms with E-state index in [0.717, 1.165) is 19.3 Å². The van der Waals surface area contributed by atoms with Crippen LogP contribution in [0.5, 0.6) is 0 Å². The smallest absolute Gasteiger partial charge is 0.325 e. The van der Waals surface area contributed by atoms with E-state index in [1.54, 1.807) is 7.05 Å². The zero-order valence-electron chi connectivity index (χ0n) is 9.14. The number of hydrogen-bond acceptors (Lipinski definition) is 3. The van der Waals surface area contributed by atoms with E-state index in [2.05, 4.69) is 12.2 Å². The Labute approximate surface area is 80.8 Å². The molecular formula is C10H21NO2. The molecule has 0 bridgehead atoms. The SMILES string of the molecule is CCCCCC(C)(NC)C(=O)OC. The average Bonchev–Trinajstić information content (AvgIpc) is 2.16. The normalized spacial score (nSPS) is 15.1. The van der Waals surface area contributed by atoms with Gasteiger partial charge in [-0.2, -0.15) is 0 Å². The minimum absolute atomic E-state index is 0.175. The molecule has 0 fully saturated rings. The number of hydrogen-bond donors (Lipinski definition) is 1. The van der Waals surface area contributed by atoms with Gasteiger partial charge in [0.05, 0.1) is 7.11 Å². The van der Waals surface area contributed by atoms with Gasteiger partial charge in [-0.25, -0.2) is 0 Å². The highest BCUT2D eigenvalue weighted by Gasteiger charge is 2.31. The first kappa shape index (κ1) is 12.4. The van der Waals surface area contributed by atoms with Crippen LogP contribution in [0.15, 0.2) is 0 Å². The number of carbonyl (C=O) groups excluding carboxylic acids is 1. The fourth-order valence-corrected chi connectivity index (χ4v) is 1.28. The molecule has 0 saturated heterocycles. The van der Waals surface area contributed by atoms with E-state index < -0.39 is 5.54 Å². The van der Waals surface area contributed by atoms with Gasteiger partial charge in [-0.05, 0) is 20.4 Å². The van der Waals surface area contributed by atoms with Gasteiger partial charge in [0.1, 0.15) is 5.54 Å². The Morgan fingerprint density at radius 2 is 2.08 bits per heavy atom. The van der Waals surface area contributed by atoms with Gasteiger partial charge < -0.3 is 10.1 Å². The molecule has 0 aromatic carbocycles. The third-order valence-electron chi connectivity index (χ3n) is 2.47. The fourth-order valence-electron chi connectivity index (χ4n) is 1.28. The average molecular weight is 187 g/mol. The highest BCUT2D eigenvalue weighted by Crippen LogP contribution is 2.15. The summed E-state index contributed by atoms with van der Waals surface area (Å²) >= 11 is 0. The van der Waals surface area contributed by atoms with E-state index >= 15 is 0 Å². The number of rotatable bonds is 6. The van der Waals surface area contributed by atoms with Crippen molar-refractivity contribution in [1.82, 2.24) is 5.32 Å². The topological polar surface area (TPSA) is 38.3 Å². The van der Waals surface area contributed by atoms with Crippen molar-refractivity contribution in [3.8, 4) is 0 Å². The molecule has 0 rings (SSSR count). The van der Waals surface area contributed by atoms with Crippen LogP contribution in [0.1, 0.15) is 39.5 Å². The maximum Gasteiger partial charge on any atom is 0.325 e. The summed E-state index contributed by atoms with van der Waals surface area (Å²) in [4.78, 5) is 11.4. The lowest BCUT2D eigenvalue weighted by Crippen LogP contribution is -2.48. The number of methoxy groups -OCH3 is 1. The van der Waals surface area contributed by atoms with Crippen molar-refractivity contribution in [2.45, 2.75) is 45.1 Å². The van der Waals surface area contributed by atoms with Crippen LogP contribution in [0.2, 0.25) is 0 Å². The van der Waals surface area contributed by atoms with Crippen LogP contribution in [-0.4, -0.2) is 25.7 Å². The van der Waals surface area contributed by atoms with Gasteiger partial charge in [0, 0.05) is 0 Å². The molecule has 3 heteroatoms. The fraction of sp³-hybridized carbons (Fsp3) is 0.900. The second kappa shape index (κ2) is 5.97. The molecule has 78 valence electrons. The van der Waals surface area contributed by atoms with Gasteiger partial charge in [-0.1, -0.05) is 26.2 Å². The quantitative estimate of drug-likeness (QED) is 0.508. The third kappa shape index (κ3) is 3.77. The molecule has 3 nitrogen and oxygen atoms in total. The largest absolute Gasteiger partial charge is 0.468 e. The monoisotopic (exact) mass is 187 g/mol. The molecule has 0 amide bonds. The molecule has 0 aliphatic rings. The molecule has 0 aliphatic heterocycles. The lowest BCUT2D eigenvalue weighted by molar-refractivity contribution is -0.148. The zero-order chi connectivity index (χ0) is 10.3. The van der Waals surface area contributed by atoms with Gasteiger partial charge in [-0.15, -0.1) is 0 Å². The first-order valence-electron chi connectivity index (χ1n) is 4.88. The minimum atomic E-state index is -0.510. The number of ether oxygens (including phenoxy) is 1. The zero-order valence-corrected chi connectivity index (χ0v) is 9.14. The van der Waals surface area contributed by atoms with Crippen LogP contribution >= 0.6 is 0 Å². The Morgan fingerprint density at radius 3 is 2.46 bits per heavy atom. The molecule has 1 atom stereocenters. The molecule has 0 aromatic heterocycles. The standard InChI is InChI=1S/C10H21NO2/c1-5-6-7-8-10(2,11-3)9(12)13-4/h11H,5-8H2,1-4H3. The summed E-state index contributed by atoms with van der Waals surface area (Å²) in [5, 5.41) is 3.01. The lowest BCUT2D eigenvalue weighted by atomic mass is 9.95. The van der Waals surface area contributed by atoms with Crippen LogP contribution in [0.3, 0.4) is 0 Å². The van der Waals surface area contributed by atoms with E-state index in [1.807, 2.05) is 6.92 Å². The summed E-state index contributed by atoms with van der Waals surface area (Å²) < 4.78 is 4.74. The van der Waals surface area contributed by atoms with Crippen LogP contribution in [0, 0.1) is 0 Å². The predicted octanol–water partition coefficient (Wildman–Crippen LogP) is 1.72. The van der Waals surface area contributed by atoms with Crippen molar-refractivity contribution in [2.75, 3.05) is 14.2 Å². The second-order valence-electron chi connectivity index (χ2n) is 3.53. The predicted molar refractivity (Wildman–Crippen MR) is 53.6 cm³/mol. The summed E-state index contributed by atoms with van der Waals surface area (Å²) in [6, 6.07) is 0. The Bertz CT molecular complexity index is 159. The van der Waals surface area contributed by atoms with Crippen molar-refractivity contribution in [3.05, 3.63) is 0 Å². The highest BCUT2D eigenvalue weighted by atomic mass is 16.5. The summed E-state index contributed by atoms with van der Waals surface area (Å²) in [6.45, 7) is 4.03. The molecule has 1 unspecified atom stereocenters. The summed E-state index contributed by atoms with van der Waals surface area (Å²) in [5.74, 6) is -0.175. The first-order valence-corrected chi connectivity index (χ1v) is 4.88. The van der Waals surface area contributed by atoms with E-state index in [0.29, 0.717) is 0 Å². The maximum absolute atomic E-state index is 11.4. The molecular weight excluding hydrogens is 166 g/mol. The van der Waals surface area contributed by atoms with Crippen LogP contribution in [0.4, 0.5) is 0 Å². The van der Waals surface area contributed by atoms with E-state index in [1.165, 1.54) is 13.5 Å². The molecule has 13 heavy (non-hydrogen) atoms. The van der Waals surface area contributed by atoms with Gasteiger partial charge >= 0.3 is 5.97 Å². The molecule has 0 spiro atoms. The molecule has 0 heterocycles. The minimum Gasteiger partial charge on any atom is -0.468 e. The van der Waals surface area contributed by atoms with E-state index in [9.17, 15) is 4.79 Å². The number of nitrogens with one attached hydrogen (secondary N) is 1. The van der Waals surface area contributed by atoms with Gasteiger partial charge in [0.15, 0.2) is 0 Å². The van der Waals surface area contributed by atoms with Crippen LogP contribution in [-0.2, 0) is 9.53 Å². The Morgan fingerprint density at radius 1 is 1.46 bits per heavy atom. The summed E-state index contributed by atoms with van der Waals surface area (Å²) in [6.07, 6.45) is 4.22. The van der Waals surface area contributed by atoms with E-state index in [4.69, 9.17) is 4.74 Å². The molecule has 0 aliphatic carbocycles. The van der Waals surface area contributed by atoms with Crippen molar-refractivity contribution < 1.29 is 9.53 Å². The number of likely N-dealkylation sites (N-methyl/N-ethyl adjacent to an activating group) is 1. The molecule has 0 saturated carbocycles. The van der Waals surface area contributed by atoms with Gasteiger partial charge in [0.25, 0.3) is 0 Å². The van der Waals surface area contributed by atoms with Crippen molar-refractivity contribution in [3.63, 3.8) is 0 Å². The first-order chi connectivity index (χ1) is 6.10. The molecule has 1 N–H and O–H groups in total. The second-order valence-corrected chi connectivity index (χ2v) is 3.53. The van der Waals surface area contributed by atoms with Crippen molar-refractivity contribution in [1.29, 1.82) is 0 Å². The summed E-state index contributed by atoms with van der Waals surface area (Å²) in [7, 11) is 3.22. The number of esters is 1. The third-order valence-corrected chi connectivity index (χ3v) is 2.47. The van der Waals surface area contributed by atoms with Gasteiger partial charge in [-0.3, -0.25) is 4.79 Å². The number of carbonyl (C=O) groups is 1. The van der Waals surface area contributed by atoms with Crippen LogP contribution < -0.4 is 5.32 Å².